The molecule has 2 fully saturated rings. The maximum atomic E-state index is 12.8. The first-order valence-corrected chi connectivity index (χ1v) is 17.2. The maximum absolute atomic E-state index is 12.8. The summed E-state index contributed by atoms with van der Waals surface area (Å²) in [5.74, 6) is -0.610. The Bertz CT molecular complexity index is 2010. The van der Waals surface area contributed by atoms with Gasteiger partial charge < -0.3 is 31.3 Å². The largest absolute Gasteiger partial charge is 0.379 e. The van der Waals surface area contributed by atoms with Crippen molar-refractivity contribution in [3.05, 3.63) is 71.4 Å². The fourth-order valence-electron chi connectivity index (χ4n) is 6.87. The smallest absolute Gasteiger partial charge is 0.273 e. The Morgan fingerprint density at radius 1 is 1.02 bits per heavy atom. The van der Waals surface area contributed by atoms with Gasteiger partial charge in [0.1, 0.15) is 19.2 Å². The summed E-state index contributed by atoms with van der Waals surface area (Å²) in [5, 5.41) is 36.1. The number of hydrogen-bond acceptors (Lipinski definition) is 11. The van der Waals surface area contributed by atoms with Gasteiger partial charge in [-0.2, -0.15) is 5.10 Å². The molecule has 16 heteroatoms. The molecular formula is C35H40BN11O4. The molecule has 2 atom stereocenters. The molecular weight excluding hydrogens is 649 g/mol. The van der Waals surface area contributed by atoms with E-state index in [4.69, 9.17) is 12.9 Å². The van der Waals surface area contributed by atoms with Crippen LogP contribution in [0.1, 0.15) is 77.6 Å². The maximum Gasteiger partial charge on any atom is 0.273 e. The lowest BCUT2D eigenvalue weighted by Gasteiger charge is -2.49. The molecule has 5 heterocycles. The molecule has 262 valence electrons. The Hall–Kier alpha value is -5.35. The summed E-state index contributed by atoms with van der Waals surface area (Å²) in [6.45, 7) is 5.23. The van der Waals surface area contributed by atoms with E-state index in [1.807, 2.05) is 43.0 Å². The summed E-state index contributed by atoms with van der Waals surface area (Å²) in [5.41, 5.74) is 3.64. The van der Waals surface area contributed by atoms with Crippen molar-refractivity contribution >= 4 is 48.4 Å². The van der Waals surface area contributed by atoms with Crippen LogP contribution in [-0.4, -0.2) is 94.3 Å². The van der Waals surface area contributed by atoms with Crippen LogP contribution in [0.3, 0.4) is 0 Å². The molecule has 7 rings (SSSR count). The van der Waals surface area contributed by atoms with E-state index in [1.54, 1.807) is 29.2 Å². The Morgan fingerprint density at radius 3 is 2.49 bits per heavy atom. The number of carbonyl (C=O) groups is 3. The van der Waals surface area contributed by atoms with Gasteiger partial charge in [-0.25, -0.2) is 4.98 Å². The summed E-state index contributed by atoms with van der Waals surface area (Å²) in [7, 11) is 9.99. The van der Waals surface area contributed by atoms with Crippen LogP contribution < -0.4 is 26.2 Å². The van der Waals surface area contributed by atoms with Gasteiger partial charge in [0.05, 0.1) is 46.7 Å². The first-order chi connectivity index (χ1) is 24.5. The zero-order valence-electron chi connectivity index (χ0n) is 29.0. The molecule has 3 amide bonds. The third kappa shape index (κ3) is 6.18. The number of carbonyl (C=O) groups excluding carboxylic acids is 3. The highest BCUT2D eigenvalue weighted by atomic mass is 16.3. The number of aliphatic hydroxyl groups is 1. The monoisotopic (exact) mass is 689 g/mol. The molecule has 3 aliphatic rings. The highest BCUT2D eigenvalue weighted by Gasteiger charge is 2.44. The highest BCUT2D eigenvalue weighted by molar-refractivity contribution is 6.14. The number of likely N-dealkylation sites (tertiary alicyclic amines) is 1. The second kappa shape index (κ2) is 13.4. The van der Waals surface area contributed by atoms with Gasteiger partial charge in [0.15, 0.2) is 11.5 Å². The number of amides is 3. The standard InChI is InChI=1S/C35H40BN11O4/c1-5-26-31-22(16-39-47(31)20-17-46(18-20)35(36,51)27-12-8-11-24(41-27)33(49)38-6-2)21-9-7-10-23(30(21)45(26)4)40-25-15-28(42-32(48)19-13-14-19)43-44-29(25)34(50)37-3/h7-12,15-16,19-20,26,51H,5-6,13-14,17-18H2,1-4H3,(H,37,50)(H,38,49)(H2,40,42,43,48). The quantitative estimate of drug-likeness (QED) is 0.146. The van der Waals surface area contributed by atoms with Crippen LogP contribution in [-0.2, 0) is 10.4 Å². The minimum absolute atomic E-state index is 0.0173. The molecule has 3 aromatic heterocycles. The van der Waals surface area contributed by atoms with Crippen molar-refractivity contribution in [1.29, 1.82) is 0 Å². The molecule has 2 unspecified atom stereocenters. The topological polar surface area (TPSA) is 183 Å². The average Bonchev–Trinajstić information content (AvgIpc) is 3.88. The van der Waals surface area contributed by atoms with E-state index < -0.39 is 11.5 Å². The van der Waals surface area contributed by atoms with Crippen LogP contribution >= 0.6 is 0 Å². The van der Waals surface area contributed by atoms with E-state index in [0.717, 1.165) is 47.5 Å². The lowest BCUT2D eigenvalue weighted by Crippen LogP contribution is -2.59. The lowest BCUT2D eigenvalue weighted by atomic mass is 9.82. The molecule has 1 aromatic carbocycles. The van der Waals surface area contributed by atoms with E-state index in [9.17, 15) is 19.5 Å². The van der Waals surface area contributed by atoms with Crippen molar-refractivity contribution in [3.8, 4) is 11.1 Å². The van der Waals surface area contributed by atoms with Crippen molar-refractivity contribution in [2.45, 2.75) is 50.8 Å². The summed E-state index contributed by atoms with van der Waals surface area (Å²) in [4.78, 5) is 45.9. The van der Waals surface area contributed by atoms with Gasteiger partial charge >= 0.3 is 0 Å². The predicted molar refractivity (Wildman–Crippen MR) is 192 cm³/mol. The molecule has 2 aliphatic heterocycles. The van der Waals surface area contributed by atoms with Crippen LogP contribution in [0.15, 0.2) is 48.7 Å². The van der Waals surface area contributed by atoms with E-state index in [1.165, 1.54) is 7.05 Å². The summed E-state index contributed by atoms with van der Waals surface area (Å²) in [6.07, 6.45) is 4.34. The van der Waals surface area contributed by atoms with Crippen LogP contribution in [0.25, 0.3) is 11.1 Å². The first kappa shape index (κ1) is 34.1. The van der Waals surface area contributed by atoms with Crippen molar-refractivity contribution in [3.63, 3.8) is 0 Å². The minimum atomic E-state index is -1.88. The van der Waals surface area contributed by atoms with Crippen LogP contribution in [0.2, 0.25) is 0 Å². The number of benzene rings is 1. The zero-order valence-corrected chi connectivity index (χ0v) is 29.0. The van der Waals surface area contributed by atoms with Gasteiger partial charge in [-0.05, 0) is 44.4 Å². The molecule has 4 aromatic rings. The number of nitrogens with one attached hydrogen (secondary N) is 4. The van der Waals surface area contributed by atoms with Gasteiger partial charge in [-0.1, -0.05) is 25.1 Å². The normalized spacial score (nSPS) is 18.1. The van der Waals surface area contributed by atoms with Crippen LogP contribution in [0.5, 0.6) is 0 Å². The Morgan fingerprint density at radius 2 is 1.78 bits per heavy atom. The van der Waals surface area contributed by atoms with Gasteiger partial charge in [0.25, 0.3) is 11.8 Å². The minimum Gasteiger partial charge on any atom is -0.379 e. The zero-order chi connectivity index (χ0) is 36.0. The number of para-hydroxylation sites is 1. The number of hydrogen-bond donors (Lipinski definition) is 5. The summed E-state index contributed by atoms with van der Waals surface area (Å²) < 4.78 is 2.03. The number of rotatable bonds is 11. The second-order valence-corrected chi connectivity index (χ2v) is 13.1. The number of aromatic nitrogens is 5. The van der Waals surface area contributed by atoms with Gasteiger partial charge in [-0.3, -0.25) is 24.0 Å². The van der Waals surface area contributed by atoms with E-state index in [0.29, 0.717) is 25.3 Å². The molecule has 2 radical (unpaired) electrons. The highest BCUT2D eigenvalue weighted by Crippen LogP contribution is 2.50. The summed E-state index contributed by atoms with van der Waals surface area (Å²) in [6, 6.07) is 12.3. The Balaban J connectivity index is 1.17. The Kier molecular flexibility index (Phi) is 8.97. The number of nitrogens with zero attached hydrogens (tertiary/aromatic N) is 7. The third-order valence-corrected chi connectivity index (χ3v) is 9.77. The fourth-order valence-corrected chi connectivity index (χ4v) is 6.87. The molecule has 0 spiro atoms. The first-order valence-electron chi connectivity index (χ1n) is 17.2. The molecule has 15 nitrogen and oxygen atoms in total. The van der Waals surface area contributed by atoms with Crippen LogP contribution in [0, 0.1) is 5.92 Å². The van der Waals surface area contributed by atoms with Crippen LogP contribution in [0.4, 0.5) is 22.9 Å². The number of fused-ring (bicyclic) bond motifs is 3. The van der Waals surface area contributed by atoms with Crippen molar-refractivity contribution in [1.82, 2.24) is 40.5 Å². The second-order valence-electron chi connectivity index (χ2n) is 13.1. The summed E-state index contributed by atoms with van der Waals surface area (Å²) >= 11 is 0. The predicted octanol–water partition coefficient (Wildman–Crippen LogP) is 2.67. The Labute approximate surface area is 296 Å². The molecule has 51 heavy (non-hydrogen) atoms. The van der Waals surface area contributed by atoms with Crippen molar-refractivity contribution in [2.24, 2.45) is 5.92 Å². The van der Waals surface area contributed by atoms with Crippen molar-refractivity contribution in [2.75, 3.05) is 49.3 Å². The lowest BCUT2D eigenvalue weighted by molar-refractivity contribution is -0.117. The van der Waals surface area contributed by atoms with Crippen molar-refractivity contribution < 1.29 is 19.5 Å². The molecule has 1 saturated carbocycles. The fraction of sp³-hybridized carbons (Fsp3) is 0.400. The number of anilines is 4. The van der Waals surface area contributed by atoms with E-state index in [-0.39, 0.29) is 52.7 Å². The van der Waals surface area contributed by atoms with Gasteiger partial charge in [0.2, 0.25) is 5.91 Å². The van der Waals surface area contributed by atoms with E-state index in [2.05, 4.69) is 48.3 Å². The molecule has 5 N–H and O–H groups in total. The SMILES string of the molecule is [B]C(O)(c1cccc(C(=O)NCC)n1)N1CC(n2ncc3c2C(CC)N(C)c2c(Nc4cc(NC(=O)C5CC5)nnc4C(=O)NC)cccc2-3)C1. The van der Waals surface area contributed by atoms with E-state index >= 15 is 0 Å². The molecule has 1 saturated heterocycles. The molecule has 0 bridgehead atoms. The average molecular weight is 690 g/mol. The van der Waals surface area contributed by atoms with Gasteiger partial charge in [0, 0.05) is 56.8 Å². The molecule has 1 aliphatic carbocycles. The number of pyridine rings is 1. The van der Waals surface area contributed by atoms with Gasteiger partial charge in [-0.15, -0.1) is 10.2 Å². The third-order valence-electron chi connectivity index (χ3n) is 9.77.